The fraction of sp³-hybridized carbons (Fsp3) is 0.143. The highest BCUT2D eigenvalue weighted by molar-refractivity contribution is 7.92. The number of nitrogens with zero attached hydrogens (tertiary/aromatic N) is 1. The number of anilines is 1. The van der Waals surface area contributed by atoms with E-state index in [2.05, 4.69) is 4.72 Å². The second kappa shape index (κ2) is 5.94. The maximum absolute atomic E-state index is 12.3. The normalized spacial score (nSPS) is 11.2. The number of benzene rings is 2. The lowest BCUT2D eigenvalue weighted by Gasteiger charge is -2.10. The molecule has 1 N–H and O–H groups in total. The van der Waals surface area contributed by atoms with Crippen LogP contribution in [0.4, 0.5) is 11.4 Å². The average Bonchev–Trinajstić information content (AvgIpc) is 2.43. The Morgan fingerprint density at radius 1 is 1.14 bits per heavy atom. The summed E-state index contributed by atoms with van der Waals surface area (Å²) in [4.78, 5) is 10.1. The molecule has 8 heteroatoms. The molecule has 0 saturated heterocycles. The van der Waals surface area contributed by atoms with Crippen molar-refractivity contribution in [2.24, 2.45) is 0 Å². The summed E-state index contributed by atoms with van der Waals surface area (Å²) < 4.78 is 27.0. The molecule has 22 heavy (non-hydrogen) atoms. The first-order chi connectivity index (χ1) is 10.2. The van der Waals surface area contributed by atoms with Gasteiger partial charge in [-0.15, -0.1) is 0 Å². The molecule has 0 aliphatic carbocycles. The molecule has 0 unspecified atom stereocenters. The summed E-state index contributed by atoms with van der Waals surface area (Å²) in [5, 5.41) is 11.0. The van der Waals surface area contributed by atoms with E-state index in [4.69, 9.17) is 11.6 Å². The molecule has 2 rings (SSSR count). The van der Waals surface area contributed by atoms with Gasteiger partial charge in [0.2, 0.25) is 0 Å². The zero-order valence-corrected chi connectivity index (χ0v) is 13.4. The van der Waals surface area contributed by atoms with Crippen molar-refractivity contribution in [1.82, 2.24) is 0 Å². The van der Waals surface area contributed by atoms with Gasteiger partial charge in [-0.1, -0.05) is 29.3 Å². The lowest BCUT2D eigenvalue weighted by Crippen LogP contribution is -2.13. The van der Waals surface area contributed by atoms with E-state index in [1.807, 2.05) is 6.92 Å². The van der Waals surface area contributed by atoms with Gasteiger partial charge in [-0.05, 0) is 32.0 Å². The number of aryl methyl sites for hydroxylation is 1. The van der Waals surface area contributed by atoms with Crippen molar-refractivity contribution in [3.63, 3.8) is 0 Å². The monoisotopic (exact) mass is 340 g/mol. The van der Waals surface area contributed by atoms with Crippen molar-refractivity contribution in [2.45, 2.75) is 18.7 Å². The first kappa shape index (κ1) is 16.3. The Morgan fingerprint density at radius 2 is 1.73 bits per heavy atom. The molecule has 0 heterocycles. The third-order valence-electron chi connectivity index (χ3n) is 3.10. The summed E-state index contributed by atoms with van der Waals surface area (Å²) in [6, 6.07) is 8.91. The minimum Gasteiger partial charge on any atom is -0.280 e. The third-order valence-corrected chi connectivity index (χ3v) is 4.85. The van der Waals surface area contributed by atoms with Crippen LogP contribution in [0.1, 0.15) is 11.1 Å². The molecule has 0 radical (unpaired) electrons. The minimum atomic E-state index is -3.96. The molecule has 0 aromatic heterocycles. The van der Waals surface area contributed by atoms with Crippen LogP contribution in [0.25, 0.3) is 0 Å². The van der Waals surface area contributed by atoms with Crippen molar-refractivity contribution in [1.29, 1.82) is 0 Å². The Hall–Kier alpha value is -2.12. The molecule has 0 fully saturated rings. The second-order valence-electron chi connectivity index (χ2n) is 4.78. The van der Waals surface area contributed by atoms with Gasteiger partial charge in [0.1, 0.15) is 0 Å². The van der Waals surface area contributed by atoms with Crippen LogP contribution >= 0.6 is 11.6 Å². The van der Waals surface area contributed by atoms with E-state index in [1.54, 1.807) is 24.3 Å². The van der Waals surface area contributed by atoms with E-state index >= 15 is 0 Å². The minimum absolute atomic E-state index is 0.0264. The molecule has 0 aliphatic heterocycles. The van der Waals surface area contributed by atoms with Crippen molar-refractivity contribution in [3.8, 4) is 0 Å². The maximum atomic E-state index is 12.3. The number of rotatable bonds is 4. The van der Waals surface area contributed by atoms with Crippen LogP contribution in [0.5, 0.6) is 0 Å². The molecular formula is C14H13ClN2O4S. The van der Waals surface area contributed by atoms with Gasteiger partial charge >= 0.3 is 0 Å². The Bertz CT molecular complexity index is 833. The highest BCUT2D eigenvalue weighted by Crippen LogP contribution is 2.30. The van der Waals surface area contributed by atoms with Gasteiger partial charge in [-0.25, -0.2) is 8.42 Å². The third kappa shape index (κ3) is 3.37. The molecule has 2 aromatic rings. The summed E-state index contributed by atoms with van der Waals surface area (Å²) >= 11 is 5.90. The quantitative estimate of drug-likeness (QED) is 0.679. The number of nitrogens with one attached hydrogen (secondary N) is 1. The van der Waals surface area contributed by atoms with E-state index in [-0.39, 0.29) is 21.2 Å². The van der Waals surface area contributed by atoms with Crippen molar-refractivity contribution >= 4 is 33.0 Å². The summed E-state index contributed by atoms with van der Waals surface area (Å²) in [7, 11) is -3.96. The van der Waals surface area contributed by atoms with E-state index in [0.29, 0.717) is 5.69 Å². The van der Waals surface area contributed by atoms with Gasteiger partial charge in [-0.3, -0.25) is 14.8 Å². The first-order valence-electron chi connectivity index (χ1n) is 6.25. The van der Waals surface area contributed by atoms with Gasteiger partial charge < -0.3 is 0 Å². The van der Waals surface area contributed by atoms with Crippen molar-refractivity contribution in [3.05, 3.63) is 62.7 Å². The largest absolute Gasteiger partial charge is 0.280 e. The van der Waals surface area contributed by atoms with Crippen LogP contribution in [-0.4, -0.2) is 13.3 Å². The maximum Gasteiger partial charge on any atom is 0.275 e. The zero-order valence-electron chi connectivity index (χ0n) is 11.8. The van der Waals surface area contributed by atoms with Crippen LogP contribution in [-0.2, 0) is 10.0 Å². The fourth-order valence-electron chi connectivity index (χ4n) is 1.82. The number of halogens is 1. The Labute approximate surface area is 132 Å². The molecule has 0 spiro atoms. The van der Waals surface area contributed by atoms with Crippen molar-refractivity contribution < 1.29 is 13.3 Å². The molecular weight excluding hydrogens is 328 g/mol. The Balaban J connectivity index is 2.45. The van der Waals surface area contributed by atoms with E-state index in [0.717, 1.165) is 11.6 Å². The Kier molecular flexibility index (Phi) is 4.39. The van der Waals surface area contributed by atoms with Crippen LogP contribution in [0.2, 0.25) is 5.02 Å². The number of hydrogen-bond donors (Lipinski definition) is 1. The SMILES string of the molecule is Cc1ccc(NS(=O)(=O)c2cc(Cl)c(C)c([N+](=O)[O-])c2)cc1. The van der Waals surface area contributed by atoms with Crippen LogP contribution < -0.4 is 4.72 Å². The molecule has 0 bridgehead atoms. The van der Waals surface area contributed by atoms with Crippen LogP contribution in [0, 0.1) is 24.0 Å². The lowest BCUT2D eigenvalue weighted by molar-refractivity contribution is -0.385. The highest BCUT2D eigenvalue weighted by atomic mass is 35.5. The summed E-state index contributed by atoms with van der Waals surface area (Å²) in [6.45, 7) is 3.34. The predicted molar refractivity (Wildman–Crippen MR) is 84.8 cm³/mol. The molecule has 0 aliphatic rings. The highest BCUT2D eigenvalue weighted by Gasteiger charge is 2.22. The van der Waals surface area contributed by atoms with Crippen LogP contribution in [0.15, 0.2) is 41.3 Å². The van der Waals surface area contributed by atoms with E-state index in [1.165, 1.54) is 13.0 Å². The van der Waals surface area contributed by atoms with Gasteiger partial charge in [-0.2, -0.15) is 0 Å². The molecule has 0 saturated carbocycles. The second-order valence-corrected chi connectivity index (χ2v) is 6.87. The molecule has 6 nitrogen and oxygen atoms in total. The van der Waals surface area contributed by atoms with Crippen molar-refractivity contribution in [2.75, 3.05) is 4.72 Å². The van der Waals surface area contributed by atoms with Gasteiger partial charge in [0.15, 0.2) is 0 Å². The number of nitro benzene ring substituents is 1. The van der Waals surface area contributed by atoms with Gasteiger partial charge in [0.05, 0.1) is 14.8 Å². The number of hydrogen-bond acceptors (Lipinski definition) is 4. The van der Waals surface area contributed by atoms with Gasteiger partial charge in [0.25, 0.3) is 15.7 Å². The zero-order chi connectivity index (χ0) is 16.5. The fourth-order valence-corrected chi connectivity index (χ4v) is 3.20. The molecule has 0 amide bonds. The van der Waals surface area contributed by atoms with E-state index < -0.39 is 14.9 Å². The molecule has 116 valence electrons. The topological polar surface area (TPSA) is 89.3 Å². The standard InChI is InChI=1S/C14H13ClN2O4S/c1-9-3-5-11(6-4-9)16-22(20,21)12-7-13(15)10(2)14(8-12)17(18)19/h3-8,16H,1-2H3. The summed E-state index contributed by atoms with van der Waals surface area (Å²) in [6.07, 6.45) is 0. The first-order valence-corrected chi connectivity index (χ1v) is 8.11. The van der Waals surface area contributed by atoms with E-state index in [9.17, 15) is 18.5 Å². The number of sulfonamides is 1. The predicted octanol–water partition coefficient (Wildman–Crippen LogP) is 3.67. The smallest absolute Gasteiger partial charge is 0.275 e. The molecule has 2 aromatic carbocycles. The average molecular weight is 341 g/mol. The Morgan fingerprint density at radius 3 is 2.27 bits per heavy atom. The lowest BCUT2D eigenvalue weighted by atomic mass is 10.2. The van der Waals surface area contributed by atoms with Gasteiger partial charge in [0, 0.05) is 17.3 Å². The summed E-state index contributed by atoms with van der Waals surface area (Å²) in [5.41, 5.74) is 1.24. The summed E-state index contributed by atoms with van der Waals surface area (Å²) in [5.74, 6) is 0. The number of nitro groups is 1. The molecule has 0 atom stereocenters. The van der Waals surface area contributed by atoms with Crippen LogP contribution in [0.3, 0.4) is 0 Å².